The van der Waals surface area contributed by atoms with Crippen LogP contribution in [0.25, 0.3) is 0 Å². The van der Waals surface area contributed by atoms with Crippen LogP contribution in [0.4, 0.5) is 18.0 Å². The lowest BCUT2D eigenvalue weighted by molar-refractivity contribution is -0.243. The second kappa shape index (κ2) is 8.69. The molecule has 1 unspecified atom stereocenters. The van der Waals surface area contributed by atoms with Gasteiger partial charge in [-0.25, -0.2) is 25.1 Å². The highest BCUT2D eigenvalue weighted by Crippen LogP contribution is 2.42. The van der Waals surface area contributed by atoms with Crippen LogP contribution in [0.2, 0.25) is 0 Å². The highest BCUT2D eigenvalue weighted by Gasteiger charge is 2.66. The van der Waals surface area contributed by atoms with Crippen LogP contribution >= 0.6 is 0 Å². The standard InChI is InChI=1S/C12H17F3N6O9S/c13-12(14,15)8(23)29-11(30-31(25,26)27)6-1-3-20(21(5-6)7(11)22)10(24)19-28-4-2-18-9(16)17/h6H,1-5H2,(H,19,24)(H4,16,17,18)(H,25,26,27)/t6-,11?/m1/s1. The number of hydrazine groups is 1. The number of nitrogens with zero attached hydrogens (tertiary/aromatic N) is 2. The molecule has 0 radical (unpaired) electrons. The number of nitrogens with one attached hydrogen (secondary N) is 3. The summed E-state index contributed by atoms with van der Waals surface area (Å²) in [6.45, 7) is -1.05. The number of hydrogen-bond acceptors (Lipinski definition) is 9. The highest BCUT2D eigenvalue weighted by molar-refractivity contribution is 7.81. The van der Waals surface area contributed by atoms with Crippen LogP contribution < -0.4 is 16.5 Å². The summed E-state index contributed by atoms with van der Waals surface area (Å²) in [4.78, 5) is 41.0. The topological polar surface area (TPSA) is 214 Å². The van der Waals surface area contributed by atoms with Gasteiger partial charge in [-0.15, -0.1) is 0 Å². The van der Waals surface area contributed by atoms with Crippen molar-refractivity contribution in [3.05, 3.63) is 0 Å². The first-order valence-electron chi connectivity index (χ1n) is 8.24. The lowest BCUT2D eigenvalue weighted by atomic mass is 9.97. The van der Waals surface area contributed by atoms with Crippen LogP contribution in [0, 0.1) is 11.3 Å². The van der Waals surface area contributed by atoms with Crippen LogP contribution in [-0.2, 0) is 33.7 Å². The number of urea groups is 1. The molecule has 6 N–H and O–H groups in total. The van der Waals surface area contributed by atoms with Gasteiger partial charge in [0.25, 0.3) is 0 Å². The summed E-state index contributed by atoms with van der Waals surface area (Å²) in [6.07, 6.45) is -5.96. The van der Waals surface area contributed by atoms with E-state index in [-0.39, 0.29) is 32.1 Å². The highest BCUT2D eigenvalue weighted by atomic mass is 32.3. The second-order valence-electron chi connectivity index (χ2n) is 6.16. The van der Waals surface area contributed by atoms with E-state index < -0.39 is 52.7 Å². The molecule has 2 atom stereocenters. The van der Waals surface area contributed by atoms with E-state index in [1.165, 1.54) is 0 Å². The third-order valence-corrected chi connectivity index (χ3v) is 4.52. The summed E-state index contributed by atoms with van der Waals surface area (Å²) in [6, 6.07) is -1.07. The number of hydroxylamine groups is 1. The molecular formula is C12H17F3N6O9S. The minimum absolute atomic E-state index is 0.0268. The predicted molar refractivity (Wildman–Crippen MR) is 88.4 cm³/mol. The average molecular weight is 478 g/mol. The van der Waals surface area contributed by atoms with E-state index in [2.05, 4.69) is 14.2 Å². The van der Waals surface area contributed by atoms with Gasteiger partial charge in [-0.1, -0.05) is 0 Å². The zero-order valence-electron chi connectivity index (χ0n) is 15.3. The van der Waals surface area contributed by atoms with Crippen LogP contribution in [0.15, 0.2) is 0 Å². The fraction of sp³-hybridized carbons (Fsp3) is 0.667. The monoisotopic (exact) mass is 478 g/mol. The Hall–Kier alpha value is -2.90. The van der Waals surface area contributed by atoms with Crippen molar-refractivity contribution < 1.29 is 54.3 Å². The Bertz CT molecular complexity index is 868. The van der Waals surface area contributed by atoms with Crippen molar-refractivity contribution in [3.8, 4) is 0 Å². The van der Waals surface area contributed by atoms with Gasteiger partial charge >= 0.3 is 40.3 Å². The molecule has 2 bridgehead atoms. The SMILES string of the molecule is N=C(N)NCCONC(=O)N1CC[C@@H]2CN1C(=O)C2(OC(=O)C(F)(F)F)OS(=O)(=O)O. The van der Waals surface area contributed by atoms with Crippen molar-refractivity contribution in [1.82, 2.24) is 20.8 Å². The average Bonchev–Trinajstić information content (AvgIpc) is 2.81. The molecular weight excluding hydrogens is 461 g/mol. The van der Waals surface area contributed by atoms with Gasteiger partial charge in [0.05, 0.1) is 19.1 Å². The van der Waals surface area contributed by atoms with Crippen molar-refractivity contribution in [1.29, 1.82) is 5.41 Å². The second-order valence-corrected chi connectivity index (χ2v) is 7.18. The van der Waals surface area contributed by atoms with Crippen LogP contribution in [-0.4, -0.2) is 85.1 Å². The summed E-state index contributed by atoms with van der Waals surface area (Å²) in [5.41, 5.74) is 6.95. The van der Waals surface area contributed by atoms with Gasteiger partial charge in [0.2, 0.25) is 0 Å². The molecule has 0 saturated carbocycles. The number of esters is 1. The molecule has 0 spiro atoms. The van der Waals surface area contributed by atoms with Crippen molar-refractivity contribution in [3.63, 3.8) is 0 Å². The number of hydrogen-bond donors (Lipinski definition) is 5. The van der Waals surface area contributed by atoms with E-state index in [0.717, 1.165) is 0 Å². The van der Waals surface area contributed by atoms with E-state index in [1.807, 2.05) is 5.48 Å². The lowest BCUT2D eigenvalue weighted by Gasteiger charge is -2.34. The van der Waals surface area contributed by atoms with Crippen molar-refractivity contribution in [2.75, 3.05) is 26.2 Å². The Kier molecular flexibility index (Phi) is 6.83. The predicted octanol–water partition coefficient (Wildman–Crippen LogP) is -2.19. The Morgan fingerprint density at radius 1 is 1.39 bits per heavy atom. The van der Waals surface area contributed by atoms with Crippen LogP contribution in [0.5, 0.6) is 0 Å². The summed E-state index contributed by atoms with van der Waals surface area (Å²) in [5.74, 6) is -9.75. The molecule has 2 heterocycles. The molecule has 0 aromatic rings. The van der Waals surface area contributed by atoms with Gasteiger partial charge in [0, 0.05) is 13.1 Å². The number of ether oxygens (including phenoxy) is 1. The Morgan fingerprint density at radius 2 is 2.03 bits per heavy atom. The van der Waals surface area contributed by atoms with Gasteiger partial charge in [0.15, 0.2) is 5.96 Å². The fourth-order valence-electron chi connectivity index (χ4n) is 2.87. The molecule has 19 heteroatoms. The third-order valence-electron chi connectivity index (χ3n) is 4.06. The molecule has 2 aliphatic heterocycles. The van der Waals surface area contributed by atoms with E-state index in [1.54, 1.807) is 0 Å². The van der Waals surface area contributed by atoms with Gasteiger partial charge in [-0.05, 0) is 6.42 Å². The maximum Gasteiger partial charge on any atom is 0.491 e. The number of alkyl halides is 3. The molecule has 3 amide bonds. The molecule has 176 valence electrons. The maximum atomic E-state index is 12.7. The normalized spacial score (nSPS) is 23.5. The first-order chi connectivity index (χ1) is 14.2. The first-order valence-corrected chi connectivity index (χ1v) is 9.61. The smallest absolute Gasteiger partial charge is 0.415 e. The van der Waals surface area contributed by atoms with Crippen molar-refractivity contribution >= 4 is 34.3 Å². The Balaban J connectivity index is 2.17. The molecule has 31 heavy (non-hydrogen) atoms. The van der Waals surface area contributed by atoms with E-state index in [9.17, 15) is 36.0 Å². The molecule has 2 saturated heterocycles. The summed E-state index contributed by atoms with van der Waals surface area (Å²) < 4.78 is 77.4. The molecule has 15 nitrogen and oxygen atoms in total. The first kappa shape index (κ1) is 24.4. The molecule has 2 fully saturated rings. The number of carbonyl (C=O) groups is 3. The van der Waals surface area contributed by atoms with E-state index in [4.69, 9.17) is 20.5 Å². The Labute approximate surface area is 171 Å². The third kappa shape index (κ3) is 5.62. The summed E-state index contributed by atoms with van der Waals surface area (Å²) >= 11 is 0. The van der Waals surface area contributed by atoms with Crippen molar-refractivity contribution in [2.24, 2.45) is 11.7 Å². The lowest BCUT2D eigenvalue weighted by Crippen LogP contribution is -2.55. The van der Waals surface area contributed by atoms with E-state index >= 15 is 0 Å². The Morgan fingerprint density at radius 3 is 2.58 bits per heavy atom. The van der Waals surface area contributed by atoms with Gasteiger partial charge in [-0.2, -0.15) is 25.8 Å². The van der Waals surface area contributed by atoms with Crippen LogP contribution in [0.1, 0.15) is 6.42 Å². The zero-order chi connectivity index (χ0) is 23.6. The number of rotatable bonds is 7. The van der Waals surface area contributed by atoms with Gasteiger partial charge in [-0.3, -0.25) is 19.6 Å². The van der Waals surface area contributed by atoms with Gasteiger partial charge in [0.1, 0.15) is 0 Å². The summed E-state index contributed by atoms with van der Waals surface area (Å²) in [5, 5.41) is 10.5. The number of nitrogens with two attached hydrogens (primary N) is 1. The fourth-order valence-corrected chi connectivity index (χ4v) is 3.42. The molecule has 0 aromatic carbocycles. The number of guanidine groups is 1. The van der Waals surface area contributed by atoms with E-state index in [0.29, 0.717) is 10.0 Å². The molecule has 0 aromatic heterocycles. The number of fused-ring (bicyclic) bond motifs is 2. The zero-order valence-corrected chi connectivity index (χ0v) is 16.2. The quantitative estimate of drug-likeness (QED) is 0.0504. The van der Waals surface area contributed by atoms with Gasteiger partial charge < -0.3 is 15.8 Å². The number of amides is 3. The van der Waals surface area contributed by atoms with Crippen LogP contribution in [0.3, 0.4) is 0 Å². The molecule has 2 aliphatic rings. The number of carbonyl (C=O) groups excluding carboxylic acids is 3. The molecule has 2 rings (SSSR count). The minimum Gasteiger partial charge on any atom is -0.415 e. The molecule has 0 aliphatic carbocycles. The minimum atomic E-state index is -5.61. The summed E-state index contributed by atoms with van der Waals surface area (Å²) in [7, 11) is -5.56. The number of halogens is 3. The maximum absolute atomic E-state index is 12.7. The van der Waals surface area contributed by atoms with Crippen molar-refractivity contribution in [2.45, 2.75) is 18.4 Å². The largest absolute Gasteiger partial charge is 0.491 e.